The van der Waals surface area contributed by atoms with Gasteiger partial charge in [0.1, 0.15) is 5.70 Å². The second-order valence-corrected chi connectivity index (χ2v) is 2.17. The van der Waals surface area contributed by atoms with E-state index in [0.717, 1.165) is 0 Å². The van der Waals surface area contributed by atoms with Crippen LogP contribution in [-0.4, -0.2) is 18.8 Å². The highest BCUT2D eigenvalue weighted by atomic mass is 19.4. The molecule has 0 saturated carbocycles. The molecular formula is C7H10F3NO2. The number of esters is 1. The van der Waals surface area contributed by atoms with Crippen LogP contribution in [0.3, 0.4) is 0 Å². The normalized spacial score (nSPS) is 12.8. The van der Waals surface area contributed by atoms with E-state index >= 15 is 0 Å². The van der Waals surface area contributed by atoms with Crippen LogP contribution in [0.5, 0.6) is 0 Å². The van der Waals surface area contributed by atoms with Gasteiger partial charge in [-0.1, -0.05) is 0 Å². The first-order chi connectivity index (χ1) is 5.88. The van der Waals surface area contributed by atoms with Gasteiger partial charge in [0.25, 0.3) is 0 Å². The number of alkyl halides is 3. The molecule has 2 N–H and O–H groups in total. The van der Waals surface area contributed by atoms with Crippen LogP contribution in [0.1, 0.15) is 13.3 Å². The van der Waals surface area contributed by atoms with Crippen LogP contribution in [0.25, 0.3) is 0 Å². The average molecular weight is 197 g/mol. The summed E-state index contributed by atoms with van der Waals surface area (Å²) in [4.78, 5) is 10.6. The quantitative estimate of drug-likeness (QED) is 0.694. The number of allylic oxidation sites excluding steroid dienone is 1. The zero-order valence-corrected chi connectivity index (χ0v) is 7.02. The van der Waals surface area contributed by atoms with E-state index in [0.29, 0.717) is 6.08 Å². The van der Waals surface area contributed by atoms with E-state index in [9.17, 15) is 18.0 Å². The molecule has 3 nitrogen and oxygen atoms in total. The maximum absolute atomic E-state index is 11.7. The van der Waals surface area contributed by atoms with Gasteiger partial charge in [0.2, 0.25) is 0 Å². The number of carbonyl (C=O) groups excluding carboxylic acids is 1. The van der Waals surface area contributed by atoms with E-state index < -0.39 is 24.3 Å². The predicted molar refractivity (Wildman–Crippen MR) is 39.6 cm³/mol. The van der Waals surface area contributed by atoms with Crippen LogP contribution in [-0.2, 0) is 9.53 Å². The third-order valence-corrected chi connectivity index (χ3v) is 1.12. The molecule has 0 fully saturated rings. The summed E-state index contributed by atoms with van der Waals surface area (Å²) in [5.74, 6) is -0.727. The maximum atomic E-state index is 11.7. The minimum atomic E-state index is -4.58. The van der Waals surface area contributed by atoms with Crippen molar-refractivity contribution in [2.75, 3.05) is 6.61 Å². The van der Waals surface area contributed by atoms with Gasteiger partial charge >= 0.3 is 12.1 Å². The molecule has 0 aliphatic rings. The van der Waals surface area contributed by atoms with Crippen LogP contribution in [0.4, 0.5) is 13.2 Å². The van der Waals surface area contributed by atoms with Gasteiger partial charge in [-0.2, -0.15) is 13.2 Å². The summed E-state index contributed by atoms with van der Waals surface area (Å²) in [6.45, 7) is 1.70. The van der Waals surface area contributed by atoms with Gasteiger partial charge in [-0.05, 0) is 13.0 Å². The highest BCUT2D eigenvalue weighted by molar-refractivity contribution is 5.71. The molecule has 0 aliphatic heterocycles. The number of hydrogen-bond acceptors (Lipinski definition) is 3. The second kappa shape index (κ2) is 4.74. The number of nitrogens with two attached hydrogens (primary N) is 1. The highest BCUT2D eigenvalue weighted by Crippen LogP contribution is 2.21. The Bertz CT molecular complexity index is 210. The van der Waals surface area contributed by atoms with Gasteiger partial charge in [-0.3, -0.25) is 4.79 Å². The molecule has 0 saturated heterocycles. The number of rotatable bonds is 3. The molecule has 0 amide bonds. The fourth-order valence-corrected chi connectivity index (χ4v) is 0.529. The first kappa shape index (κ1) is 11.8. The van der Waals surface area contributed by atoms with E-state index in [2.05, 4.69) is 10.5 Å². The van der Waals surface area contributed by atoms with E-state index in [1.807, 2.05) is 0 Å². The summed E-state index contributed by atoms with van der Waals surface area (Å²) in [6, 6.07) is 0. The van der Waals surface area contributed by atoms with Crippen molar-refractivity contribution in [1.29, 1.82) is 0 Å². The van der Waals surface area contributed by atoms with Crippen LogP contribution >= 0.6 is 0 Å². The molecular weight excluding hydrogens is 187 g/mol. The number of hydrogen-bond donors (Lipinski definition) is 1. The summed E-state index contributed by atoms with van der Waals surface area (Å²) in [6.07, 6.45) is -4.44. The van der Waals surface area contributed by atoms with Gasteiger partial charge in [-0.15, -0.1) is 0 Å². The van der Waals surface area contributed by atoms with Crippen LogP contribution in [0, 0.1) is 0 Å². The second-order valence-electron chi connectivity index (χ2n) is 2.17. The largest absolute Gasteiger partial charge is 0.466 e. The average Bonchev–Trinajstić information content (AvgIpc) is 1.99. The van der Waals surface area contributed by atoms with Crippen molar-refractivity contribution in [3.63, 3.8) is 0 Å². The van der Waals surface area contributed by atoms with Crippen molar-refractivity contribution in [3.8, 4) is 0 Å². The molecule has 0 heterocycles. The standard InChI is InChI=1S/C7H10F3NO2/c1-2-13-6(12)4-3-5(11)7(8,9)10/h3H,2,4,11H2,1H3/b5-3+. The van der Waals surface area contributed by atoms with Gasteiger partial charge in [0.15, 0.2) is 0 Å². The van der Waals surface area contributed by atoms with Gasteiger partial charge in [0.05, 0.1) is 13.0 Å². The Morgan fingerprint density at radius 2 is 2.08 bits per heavy atom. The third kappa shape index (κ3) is 5.10. The molecule has 0 unspecified atom stereocenters. The van der Waals surface area contributed by atoms with E-state index in [4.69, 9.17) is 0 Å². The Balaban J connectivity index is 4.05. The third-order valence-electron chi connectivity index (χ3n) is 1.12. The molecule has 0 atom stereocenters. The fourth-order valence-electron chi connectivity index (χ4n) is 0.529. The summed E-state index contributed by atoms with van der Waals surface area (Å²) in [5.41, 5.74) is 3.35. The van der Waals surface area contributed by atoms with Crippen LogP contribution < -0.4 is 5.73 Å². The molecule has 0 radical (unpaired) electrons. The zero-order chi connectivity index (χ0) is 10.5. The van der Waals surface area contributed by atoms with Crippen molar-refractivity contribution in [1.82, 2.24) is 0 Å². The van der Waals surface area contributed by atoms with Crippen molar-refractivity contribution < 1.29 is 22.7 Å². The summed E-state index contributed by atoms with van der Waals surface area (Å²) in [7, 11) is 0. The molecule has 0 rings (SSSR count). The maximum Gasteiger partial charge on any atom is 0.430 e. The van der Waals surface area contributed by atoms with Crippen LogP contribution in [0.2, 0.25) is 0 Å². The SMILES string of the molecule is CCOC(=O)C/C=C(/N)C(F)(F)F. The van der Waals surface area contributed by atoms with Crippen molar-refractivity contribution in [2.45, 2.75) is 19.5 Å². The summed E-state index contributed by atoms with van der Waals surface area (Å²) >= 11 is 0. The molecule has 0 aliphatic carbocycles. The minimum Gasteiger partial charge on any atom is -0.466 e. The molecule has 76 valence electrons. The molecule has 0 aromatic carbocycles. The Kier molecular flexibility index (Phi) is 4.30. The topological polar surface area (TPSA) is 52.3 Å². The predicted octanol–water partition coefficient (Wildman–Crippen LogP) is 1.34. The number of halogens is 3. The smallest absolute Gasteiger partial charge is 0.430 e. The molecule has 6 heteroatoms. The van der Waals surface area contributed by atoms with Crippen molar-refractivity contribution in [3.05, 3.63) is 11.8 Å². The van der Waals surface area contributed by atoms with Gasteiger partial charge in [0, 0.05) is 0 Å². The van der Waals surface area contributed by atoms with Gasteiger partial charge in [-0.25, -0.2) is 0 Å². The molecule has 0 bridgehead atoms. The lowest BCUT2D eigenvalue weighted by molar-refractivity contribution is -0.142. The summed E-state index contributed by atoms with van der Waals surface area (Å²) < 4.78 is 39.6. The first-order valence-electron chi connectivity index (χ1n) is 3.56. The molecule has 0 aromatic heterocycles. The first-order valence-corrected chi connectivity index (χ1v) is 3.56. The summed E-state index contributed by atoms with van der Waals surface area (Å²) in [5, 5.41) is 0. The number of ether oxygens (including phenoxy) is 1. The highest BCUT2D eigenvalue weighted by Gasteiger charge is 2.31. The molecule has 0 aromatic rings. The lowest BCUT2D eigenvalue weighted by atomic mass is 10.3. The molecule has 13 heavy (non-hydrogen) atoms. The monoisotopic (exact) mass is 197 g/mol. The molecule has 0 spiro atoms. The number of carbonyl (C=O) groups is 1. The Hall–Kier alpha value is -1.20. The minimum absolute atomic E-state index is 0.137. The van der Waals surface area contributed by atoms with E-state index in [1.165, 1.54) is 0 Å². The Labute approximate surface area is 73.4 Å². The van der Waals surface area contributed by atoms with Crippen molar-refractivity contribution in [2.24, 2.45) is 5.73 Å². The van der Waals surface area contributed by atoms with E-state index in [1.54, 1.807) is 6.92 Å². The zero-order valence-electron chi connectivity index (χ0n) is 7.02. The fraction of sp³-hybridized carbons (Fsp3) is 0.571. The lowest BCUT2D eigenvalue weighted by Gasteiger charge is -2.05. The van der Waals surface area contributed by atoms with Gasteiger partial charge < -0.3 is 10.5 Å². The Morgan fingerprint density at radius 1 is 1.54 bits per heavy atom. The lowest BCUT2D eigenvalue weighted by Crippen LogP contribution is -2.19. The van der Waals surface area contributed by atoms with E-state index in [-0.39, 0.29) is 6.61 Å². The van der Waals surface area contributed by atoms with Crippen molar-refractivity contribution >= 4 is 5.97 Å². The Morgan fingerprint density at radius 3 is 2.46 bits per heavy atom. The van der Waals surface area contributed by atoms with Crippen LogP contribution in [0.15, 0.2) is 11.8 Å².